The summed E-state index contributed by atoms with van der Waals surface area (Å²) in [7, 11) is -8.24. The highest BCUT2D eigenvalue weighted by Gasteiger charge is 2.62. The molecule has 0 radical (unpaired) electrons. The number of hydrogen-bond donors (Lipinski definition) is 3. The molecule has 3 aliphatic carbocycles. The van der Waals surface area contributed by atoms with E-state index in [4.69, 9.17) is 4.74 Å². The Kier molecular flexibility index (Phi) is 10.5. The van der Waals surface area contributed by atoms with E-state index in [0.717, 1.165) is 33.2 Å². The van der Waals surface area contributed by atoms with Gasteiger partial charge < -0.3 is 20.3 Å². The molecule has 286 valence electrons. The summed E-state index contributed by atoms with van der Waals surface area (Å²) in [6.07, 6.45) is 4.50. The molecular formula is C37H47N5O9S2. The Bertz CT molecular complexity index is 1970. The van der Waals surface area contributed by atoms with Crippen molar-refractivity contribution in [1.29, 1.82) is 0 Å². The lowest BCUT2D eigenvalue weighted by molar-refractivity contribution is -0.142. The fourth-order valence-corrected chi connectivity index (χ4v) is 9.74. The molecule has 14 nitrogen and oxygen atoms in total. The molecule has 3 saturated carbocycles. The number of nitrogens with zero attached hydrogens (tertiary/aromatic N) is 2. The van der Waals surface area contributed by atoms with Gasteiger partial charge in [0, 0.05) is 12.5 Å². The van der Waals surface area contributed by atoms with Gasteiger partial charge in [-0.3, -0.25) is 19.1 Å². The van der Waals surface area contributed by atoms with Crippen LogP contribution in [0.4, 0.5) is 4.79 Å². The predicted molar refractivity (Wildman–Crippen MR) is 196 cm³/mol. The summed E-state index contributed by atoms with van der Waals surface area (Å²) in [6.45, 7) is 7.88. The third-order valence-electron chi connectivity index (χ3n) is 10.4. The molecule has 1 heterocycles. The van der Waals surface area contributed by atoms with E-state index in [1.807, 2.05) is 30.3 Å². The number of nitrogens with one attached hydrogen (secondary N) is 3. The molecule has 2 aromatic carbocycles. The van der Waals surface area contributed by atoms with Crippen molar-refractivity contribution >= 4 is 43.9 Å². The van der Waals surface area contributed by atoms with E-state index >= 15 is 0 Å². The highest BCUT2D eigenvalue weighted by molar-refractivity contribution is 7.91. The zero-order valence-electron chi connectivity index (χ0n) is 30.1. The van der Waals surface area contributed by atoms with E-state index in [1.54, 1.807) is 32.9 Å². The van der Waals surface area contributed by atoms with Crippen molar-refractivity contribution in [3.05, 3.63) is 67.3 Å². The SMILES string of the molecule is C=C[C@@H]1C[C@]1(NC(=O)[C@@H]1CN(S(=O)(=O)c2ccc(-c3ccccc3)cc2)CN1C(=O)[C@@H](NC(=O)OC1CCCC1)C(C)(C)C)C(=O)NS(=O)(=O)C1CC1. The lowest BCUT2D eigenvalue weighted by atomic mass is 9.85. The maximum Gasteiger partial charge on any atom is 0.408 e. The smallest absolute Gasteiger partial charge is 0.408 e. The predicted octanol–water partition coefficient (Wildman–Crippen LogP) is 3.27. The van der Waals surface area contributed by atoms with Crippen molar-refractivity contribution in [2.75, 3.05) is 13.2 Å². The minimum Gasteiger partial charge on any atom is -0.446 e. The van der Waals surface area contributed by atoms with Crippen LogP contribution in [-0.2, 0) is 39.2 Å². The van der Waals surface area contributed by atoms with Gasteiger partial charge in [0.1, 0.15) is 23.7 Å². The lowest BCUT2D eigenvalue weighted by Crippen LogP contribution is -2.60. The number of amides is 4. The van der Waals surface area contributed by atoms with Crippen LogP contribution in [0.1, 0.15) is 65.7 Å². The van der Waals surface area contributed by atoms with Crippen LogP contribution in [0.25, 0.3) is 11.1 Å². The van der Waals surface area contributed by atoms with Gasteiger partial charge in [0.25, 0.3) is 5.91 Å². The van der Waals surface area contributed by atoms with Crippen molar-refractivity contribution < 1.29 is 40.8 Å². The van der Waals surface area contributed by atoms with Crippen LogP contribution in [0.15, 0.2) is 72.1 Å². The van der Waals surface area contributed by atoms with Crippen molar-refractivity contribution in [1.82, 2.24) is 24.6 Å². The molecule has 2 aromatic rings. The summed E-state index contributed by atoms with van der Waals surface area (Å²) >= 11 is 0. The third-order valence-corrected chi connectivity index (χ3v) is 14.1. The minimum atomic E-state index is -4.28. The van der Waals surface area contributed by atoms with E-state index in [9.17, 15) is 36.0 Å². The number of benzene rings is 2. The van der Waals surface area contributed by atoms with E-state index in [0.29, 0.717) is 25.7 Å². The zero-order chi connectivity index (χ0) is 38.3. The Morgan fingerprint density at radius 1 is 0.925 bits per heavy atom. The molecule has 4 aliphatic rings. The fraction of sp³-hybridized carbons (Fsp3) is 0.514. The van der Waals surface area contributed by atoms with E-state index in [2.05, 4.69) is 21.9 Å². The first kappa shape index (κ1) is 38.4. The molecule has 0 bridgehead atoms. The second-order valence-corrected chi connectivity index (χ2v) is 19.3. The van der Waals surface area contributed by atoms with Gasteiger partial charge in [0.2, 0.25) is 31.9 Å². The van der Waals surface area contributed by atoms with Crippen LogP contribution in [-0.4, -0.2) is 92.0 Å². The van der Waals surface area contributed by atoms with Crippen molar-refractivity contribution in [2.24, 2.45) is 11.3 Å². The van der Waals surface area contributed by atoms with Gasteiger partial charge in [-0.1, -0.05) is 69.3 Å². The van der Waals surface area contributed by atoms with Gasteiger partial charge in [-0.2, -0.15) is 4.31 Å². The van der Waals surface area contributed by atoms with Gasteiger partial charge in [-0.05, 0) is 73.6 Å². The standard InChI is InChI=1S/C37H47N5O9S2/c1-5-26-21-37(26,34(45)40-52(47,48)28-19-20-28)39-32(43)30-22-41(53(49,50)29-17-15-25(16-18-29)24-11-7-6-8-12-24)23-42(30)33(44)31(36(2,3)4)38-35(46)51-27-13-9-10-14-27/h5-8,11-12,15-18,26-28,30-31H,1,9-10,13-14,19-23H2,2-4H3,(H,38,46)(H,39,43)(H,40,45)/t26-,30+,31-,37-/m1/s1. The van der Waals surface area contributed by atoms with E-state index < -0.39 is 91.3 Å². The molecule has 4 fully saturated rings. The monoisotopic (exact) mass is 769 g/mol. The van der Waals surface area contributed by atoms with Gasteiger partial charge in [0.15, 0.2) is 0 Å². The lowest BCUT2D eigenvalue weighted by Gasteiger charge is -2.35. The van der Waals surface area contributed by atoms with E-state index in [1.165, 1.54) is 18.2 Å². The number of carbonyl (C=O) groups is 4. The van der Waals surface area contributed by atoms with Gasteiger partial charge >= 0.3 is 6.09 Å². The van der Waals surface area contributed by atoms with Crippen LogP contribution in [0.5, 0.6) is 0 Å². The molecule has 4 amide bonds. The Balaban J connectivity index is 1.28. The molecule has 4 atom stereocenters. The Morgan fingerprint density at radius 2 is 1.55 bits per heavy atom. The second kappa shape index (κ2) is 14.5. The highest BCUT2D eigenvalue weighted by atomic mass is 32.2. The average Bonchev–Trinajstić information content (AvgIpc) is 3.99. The summed E-state index contributed by atoms with van der Waals surface area (Å²) in [6, 6.07) is 13.0. The number of hydrogen-bond acceptors (Lipinski definition) is 9. The first-order chi connectivity index (χ1) is 25.0. The number of alkyl carbamates (subject to hydrolysis) is 1. The van der Waals surface area contributed by atoms with Crippen molar-refractivity contribution in [3.63, 3.8) is 0 Å². The summed E-state index contributed by atoms with van der Waals surface area (Å²) in [4.78, 5) is 56.2. The third kappa shape index (κ3) is 8.14. The minimum absolute atomic E-state index is 0.0594. The summed E-state index contributed by atoms with van der Waals surface area (Å²) in [5.74, 6) is -3.13. The quantitative estimate of drug-likeness (QED) is 0.272. The molecule has 53 heavy (non-hydrogen) atoms. The topological polar surface area (TPSA) is 188 Å². The summed E-state index contributed by atoms with van der Waals surface area (Å²) in [5, 5.41) is 4.65. The normalized spacial score (nSPS) is 24.2. The maximum absolute atomic E-state index is 14.5. The van der Waals surface area contributed by atoms with E-state index in [-0.39, 0.29) is 17.4 Å². The number of carbonyl (C=O) groups excluding carboxylic acids is 4. The molecule has 0 spiro atoms. The first-order valence-corrected chi connectivity index (χ1v) is 20.9. The molecule has 6 rings (SSSR count). The molecule has 0 aromatic heterocycles. The van der Waals surface area contributed by atoms with Crippen molar-refractivity contribution in [2.45, 2.75) is 99.6 Å². The second-order valence-electron chi connectivity index (χ2n) is 15.4. The summed E-state index contributed by atoms with van der Waals surface area (Å²) in [5.41, 5.74) is -0.895. The Morgan fingerprint density at radius 3 is 2.11 bits per heavy atom. The number of sulfonamides is 2. The maximum atomic E-state index is 14.5. The fourth-order valence-electron chi connectivity index (χ4n) is 6.98. The zero-order valence-corrected chi connectivity index (χ0v) is 31.7. The van der Waals surface area contributed by atoms with Crippen LogP contribution in [0.2, 0.25) is 0 Å². The highest BCUT2D eigenvalue weighted by Crippen LogP contribution is 2.45. The molecule has 1 saturated heterocycles. The largest absolute Gasteiger partial charge is 0.446 e. The summed E-state index contributed by atoms with van der Waals surface area (Å²) < 4.78 is 62.2. The molecule has 1 aliphatic heterocycles. The van der Waals surface area contributed by atoms with Gasteiger partial charge in [-0.15, -0.1) is 6.58 Å². The number of ether oxygens (including phenoxy) is 1. The van der Waals surface area contributed by atoms with Crippen LogP contribution in [0.3, 0.4) is 0 Å². The number of rotatable bonds is 12. The van der Waals surface area contributed by atoms with Crippen molar-refractivity contribution in [3.8, 4) is 11.1 Å². The molecule has 3 N–H and O–H groups in total. The van der Waals surface area contributed by atoms with Gasteiger partial charge in [0.05, 0.1) is 16.8 Å². The Hall–Kier alpha value is -4.28. The van der Waals surface area contributed by atoms with Crippen LogP contribution in [0, 0.1) is 11.3 Å². The molecule has 16 heteroatoms. The van der Waals surface area contributed by atoms with Gasteiger partial charge in [-0.25, -0.2) is 21.6 Å². The Labute approximate surface area is 310 Å². The van der Waals surface area contributed by atoms with Crippen LogP contribution >= 0.6 is 0 Å². The first-order valence-electron chi connectivity index (χ1n) is 17.9. The molecular weight excluding hydrogens is 723 g/mol. The van der Waals surface area contributed by atoms with Crippen LogP contribution < -0.4 is 15.4 Å². The average molecular weight is 770 g/mol. The molecule has 0 unspecified atom stereocenters.